The number of rotatable bonds is 10. The van der Waals surface area contributed by atoms with Crippen LogP contribution in [0.1, 0.15) is 33.6 Å². The zero-order chi connectivity index (χ0) is 16.7. The summed E-state index contributed by atoms with van der Waals surface area (Å²) in [4.78, 5) is 4.54. The minimum absolute atomic E-state index is 0.227. The van der Waals surface area contributed by atoms with Crippen LogP contribution in [0.5, 0.6) is 0 Å². The van der Waals surface area contributed by atoms with Crippen molar-refractivity contribution in [1.82, 2.24) is 9.80 Å². The molecule has 1 atom stereocenters. The number of aliphatic hydroxyl groups is 1. The molecule has 0 fully saturated rings. The number of aliphatic hydroxyl groups excluding tert-OH is 1. The molecule has 1 unspecified atom stereocenters. The molecule has 0 heterocycles. The highest BCUT2D eigenvalue weighted by Gasteiger charge is 2.39. The second-order valence-electron chi connectivity index (χ2n) is 7.93. The molecule has 5 heteroatoms. The summed E-state index contributed by atoms with van der Waals surface area (Å²) in [6.07, 6.45) is 1.99. The van der Waals surface area contributed by atoms with Crippen LogP contribution in [0.25, 0.3) is 0 Å². The molecule has 0 aromatic carbocycles. The van der Waals surface area contributed by atoms with E-state index in [-0.39, 0.29) is 17.7 Å². The molecule has 0 rings (SSSR count). The van der Waals surface area contributed by atoms with E-state index in [4.69, 9.17) is 9.53 Å². The first kappa shape index (κ1) is 21.1. The van der Waals surface area contributed by atoms with Crippen molar-refractivity contribution in [2.45, 2.75) is 57.8 Å². The first-order valence-corrected chi connectivity index (χ1v) is 11.0. The molecule has 21 heavy (non-hydrogen) atoms. The number of hydrogen-bond acceptors (Lipinski definition) is 4. The van der Waals surface area contributed by atoms with Gasteiger partial charge in [-0.3, -0.25) is 0 Å². The van der Waals surface area contributed by atoms with Gasteiger partial charge >= 0.3 is 0 Å². The summed E-state index contributed by atoms with van der Waals surface area (Å²) in [5.41, 5.74) is 0. The molecule has 0 aliphatic heterocycles. The summed E-state index contributed by atoms with van der Waals surface area (Å²) in [7, 11) is 4.61. The average Bonchev–Trinajstić information content (AvgIpc) is 2.31. The Morgan fingerprint density at radius 2 is 1.67 bits per heavy atom. The minimum Gasteiger partial charge on any atom is -0.413 e. The Morgan fingerprint density at radius 1 is 1.10 bits per heavy atom. The predicted molar refractivity (Wildman–Crippen MR) is 94.4 cm³/mol. The van der Waals surface area contributed by atoms with E-state index >= 15 is 0 Å². The first-order chi connectivity index (χ1) is 9.49. The third kappa shape index (κ3) is 8.93. The van der Waals surface area contributed by atoms with Crippen molar-refractivity contribution in [3.63, 3.8) is 0 Å². The van der Waals surface area contributed by atoms with Crippen LogP contribution in [-0.4, -0.2) is 76.7 Å². The zero-order valence-corrected chi connectivity index (χ0v) is 16.6. The van der Waals surface area contributed by atoms with Crippen molar-refractivity contribution in [2.24, 2.45) is 0 Å². The maximum Gasteiger partial charge on any atom is 0.192 e. The molecule has 0 aromatic rings. The van der Waals surface area contributed by atoms with Gasteiger partial charge in [0, 0.05) is 26.2 Å². The van der Waals surface area contributed by atoms with Gasteiger partial charge in [0.1, 0.15) is 0 Å². The molecule has 0 saturated heterocycles. The lowest BCUT2D eigenvalue weighted by molar-refractivity contribution is 0.113. The Bertz CT molecular complexity index is 278. The maximum absolute atomic E-state index is 9.12. The topological polar surface area (TPSA) is 35.9 Å². The molecule has 1 N–H and O–H groups in total. The van der Waals surface area contributed by atoms with Gasteiger partial charge in [-0.2, -0.15) is 0 Å². The second kappa shape index (κ2) is 9.25. The Labute approximate surface area is 133 Å². The Kier molecular flexibility index (Phi) is 9.28. The summed E-state index contributed by atoms with van der Waals surface area (Å²) in [5, 5.41) is 9.35. The monoisotopic (exact) mass is 318 g/mol. The fourth-order valence-electron chi connectivity index (χ4n) is 1.91. The first-order valence-electron chi connectivity index (χ1n) is 8.11. The van der Waals surface area contributed by atoms with Crippen molar-refractivity contribution in [3.8, 4) is 0 Å². The van der Waals surface area contributed by atoms with Gasteiger partial charge in [0.2, 0.25) is 0 Å². The standard InChI is InChI=1S/C16H38N2O2Si/c1-16(2,3)21(7,8)20-15(10-9-13-19)14-18(6)12-11-17(4)5/h15,19H,9-14H2,1-8H3. The van der Waals surface area contributed by atoms with E-state index in [9.17, 15) is 0 Å². The average molecular weight is 319 g/mol. The zero-order valence-electron chi connectivity index (χ0n) is 15.6. The lowest BCUT2D eigenvalue weighted by Gasteiger charge is -2.40. The van der Waals surface area contributed by atoms with E-state index in [1.807, 2.05) is 0 Å². The van der Waals surface area contributed by atoms with E-state index in [1.165, 1.54) is 0 Å². The largest absolute Gasteiger partial charge is 0.413 e. The van der Waals surface area contributed by atoms with E-state index < -0.39 is 8.32 Å². The molecular weight excluding hydrogens is 280 g/mol. The molecule has 0 spiro atoms. The van der Waals surface area contributed by atoms with Crippen molar-refractivity contribution in [2.75, 3.05) is 47.4 Å². The number of likely N-dealkylation sites (N-methyl/N-ethyl adjacent to an activating group) is 2. The molecule has 0 aliphatic carbocycles. The highest BCUT2D eigenvalue weighted by atomic mass is 28.4. The van der Waals surface area contributed by atoms with Crippen LogP contribution in [0.2, 0.25) is 18.1 Å². The van der Waals surface area contributed by atoms with Crippen molar-refractivity contribution >= 4 is 8.32 Å². The summed E-state index contributed by atoms with van der Waals surface area (Å²) >= 11 is 0. The number of nitrogens with zero attached hydrogens (tertiary/aromatic N) is 2. The summed E-state index contributed by atoms with van der Waals surface area (Å²) in [6.45, 7) is 14.7. The van der Waals surface area contributed by atoms with Crippen LogP contribution in [-0.2, 0) is 4.43 Å². The molecule has 0 aliphatic rings. The van der Waals surface area contributed by atoms with E-state index in [0.717, 1.165) is 32.5 Å². The second-order valence-corrected chi connectivity index (χ2v) is 12.7. The molecule has 0 radical (unpaired) electrons. The Balaban J connectivity index is 4.58. The lowest BCUT2D eigenvalue weighted by Crippen LogP contribution is -2.47. The van der Waals surface area contributed by atoms with Crippen LogP contribution in [0.3, 0.4) is 0 Å². The van der Waals surface area contributed by atoms with Crippen LogP contribution in [0.4, 0.5) is 0 Å². The van der Waals surface area contributed by atoms with Gasteiger partial charge < -0.3 is 19.3 Å². The molecule has 0 amide bonds. The van der Waals surface area contributed by atoms with Gasteiger partial charge in [0.25, 0.3) is 0 Å². The predicted octanol–water partition coefficient (Wildman–Crippen LogP) is 2.64. The third-order valence-electron chi connectivity index (χ3n) is 4.40. The van der Waals surface area contributed by atoms with Gasteiger partial charge in [-0.1, -0.05) is 20.8 Å². The van der Waals surface area contributed by atoms with Crippen LogP contribution in [0, 0.1) is 0 Å². The third-order valence-corrected chi connectivity index (χ3v) is 8.93. The summed E-state index contributed by atoms with van der Waals surface area (Å²) < 4.78 is 6.55. The quantitative estimate of drug-likeness (QED) is 0.628. The summed E-state index contributed by atoms with van der Waals surface area (Å²) in [6, 6.07) is 0. The van der Waals surface area contributed by atoms with E-state index in [0.29, 0.717) is 0 Å². The van der Waals surface area contributed by atoms with Gasteiger partial charge in [0.15, 0.2) is 8.32 Å². The fourth-order valence-corrected chi connectivity index (χ4v) is 3.29. The van der Waals surface area contributed by atoms with Gasteiger partial charge in [-0.05, 0) is 52.1 Å². The van der Waals surface area contributed by atoms with Crippen LogP contribution < -0.4 is 0 Å². The fraction of sp³-hybridized carbons (Fsp3) is 1.00. The SMILES string of the molecule is CN(C)CCN(C)CC(CCCO)O[Si](C)(C)C(C)(C)C. The molecule has 128 valence electrons. The van der Waals surface area contributed by atoms with Gasteiger partial charge in [0.05, 0.1) is 6.10 Å². The molecule has 0 aromatic heterocycles. The molecular formula is C16H38N2O2Si. The molecule has 4 nitrogen and oxygen atoms in total. The van der Waals surface area contributed by atoms with Crippen molar-refractivity contribution in [3.05, 3.63) is 0 Å². The molecule has 0 saturated carbocycles. The Morgan fingerprint density at radius 3 is 2.10 bits per heavy atom. The highest BCUT2D eigenvalue weighted by molar-refractivity contribution is 6.74. The molecule has 0 bridgehead atoms. The Hall–Kier alpha value is 0.0569. The smallest absolute Gasteiger partial charge is 0.192 e. The summed E-state index contributed by atoms with van der Waals surface area (Å²) in [5.74, 6) is 0. The van der Waals surface area contributed by atoms with Gasteiger partial charge in [-0.25, -0.2) is 0 Å². The minimum atomic E-state index is -1.75. The van der Waals surface area contributed by atoms with E-state index in [1.54, 1.807) is 0 Å². The van der Waals surface area contributed by atoms with Crippen molar-refractivity contribution < 1.29 is 9.53 Å². The highest BCUT2D eigenvalue weighted by Crippen LogP contribution is 2.37. The van der Waals surface area contributed by atoms with Crippen molar-refractivity contribution in [1.29, 1.82) is 0 Å². The maximum atomic E-state index is 9.12. The number of hydrogen-bond donors (Lipinski definition) is 1. The van der Waals surface area contributed by atoms with Gasteiger partial charge in [-0.15, -0.1) is 0 Å². The van der Waals surface area contributed by atoms with Crippen LogP contribution in [0.15, 0.2) is 0 Å². The van der Waals surface area contributed by atoms with Crippen LogP contribution >= 0.6 is 0 Å². The normalized spacial score (nSPS) is 15.0. The van der Waals surface area contributed by atoms with E-state index in [2.05, 4.69) is 64.8 Å². The lowest BCUT2D eigenvalue weighted by atomic mass is 10.2.